The molecule has 0 saturated heterocycles. The fraction of sp³-hybridized carbons (Fsp3) is 0.0588. The van der Waals surface area contributed by atoms with Gasteiger partial charge in [-0.1, -0.05) is 6.07 Å². The van der Waals surface area contributed by atoms with Crippen molar-refractivity contribution in [2.24, 2.45) is 0 Å². The van der Waals surface area contributed by atoms with Gasteiger partial charge in [0.05, 0.1) is 18.8 Å². The van der Waals surface area contributed by atoms with Crippen molar-refractivity contribution in [1.29, 1.82) is 0 Å². The van der Waals surface area contributed by atoms with E-state index in [1.165, 1.54) is 6.33 Å². The van der Waals surface area contributed by atoms with Crippen LogP contribution in [0.3, 0.4) is 0 Å². The van der Waals surface area contributed by atoms with Gasteiger partial charge >= 0.3 is 0 Å². The molecule has 8 heteroatoms. The summed E-state index contributed by atoms with van der Waals surface area (Å²) in [5, 5.41) is 8.71. The molecule has 0 radical (unpaired) electrons. The second kappa shape index (κ2) is 6.63. The van der Waals surface area contributed by atoms with Gasteiger partial charge in [0, 0.05) is 21.2 Å². The van der Waals surface area contributed by atoms with Crippen molar-refractivity contribution in [3.05, 3.63) is 58.7 Å². The van der Waals surface area contributed by atoms with E-state index in [0.717, 1.165) is 20.2 Å². The second-order valence-electron chi connectivity index (χ2n) is 5.21. The van der Waals surface area contributed by atoms with Crippen molar-refractivity contribution < 1.29 is 4.74 Å². The van der Waals surface area contributed by atoms with E-state index in [2.05, 4.69) is 60.1 Å². The van der Waals surface area contributed by atoms with Gasteiger partial charge in [-0.2, -0.15) is 5.10 Å². The van der Waals surface area contributed by atoms with Crippen molar-refractivity contribution in [2.75, 3.05) is 12.4 Å². The molecular weight excluding hydrogens is 431 g/mol. The summed E-state index contributed by atoms with van der Waals surface area (Å²) in [7, 11) is 1.58. The van der Waals surface area contributed by atoms with E-state index >= 15 is 0 Å². The standard InChI is InChI=1S/C17H13IN6O/c1-25-17-13(3-2-6-19-17)23-15-8-16(21-10-20-15)24-14-7-12(18)5-4-11(14)9-22-24/h2-10H,1H3,(H,20,21,23). The van der Waals surface area contributed by atoms with E-state index in [1.54, 1.807) is 18.0 Å². The normalized spacial score (nSPS) is 10.8. The van der Waals surface area contributed by atoms with Crippen LogP contribution in [0, 0.1) is 3.57 Å². The molecule has 0 aliphatic heterocycles. The predicted octanol–water partition coefficient (Wildman–Crippen LogP) is 3.57. The first-order valence-electron chi connectivity index (χ1n) is 7.46. The maximum absolute atomic E-state index is 5.26. The first-order valence-corrected chi connectivity index (χ1v) is 8.54. The summed E-state index contributed by atoms with van der Waals surface area (Å²) >= 11 is 2.28. The van der Waals surface area contributed by atoms with Crippen molar-refractivity contribution in [1.82, 2.24) is 24.7 Å². The van der Waals surface area contributed by atoms with E-state index in [9.17, 15) is 0 Å². The van der Waals surface area contributed by atoms with E-state index in [0.29, 0.717) is 17.5 Å². The van der Waals surface area contributed by atoms with Gasteiger partial charge in [-0.05, 0) is 46.9 Å². The molecule has 0 fully saturated rings. The molecule has 0 unspecified atom stereocenters. The number of halogens is 1. The van der Waals surface area contributed by atoms with Gasteiger partial charge < -0.3 is 10.1 Å². The Labute approximate surface area is 157 Å². The highest BCUT2D eigenvalue weighted by molar-refractivity contribution is 14.1. The molecule has 124 valence electrons. The van der Waals surface area contributed by atoms with Gasteiger partial charge in [0.25, 0.3) is 0 Å². The average Bonchev–Trinajstić information content (AvgIpc) is 3.05. The van der Waals surface area contributed by atoms with Gasteiger partial charge in [0.15, 0.2) is 5.82 Å². The molecule has 7 nitrogen and oxygen atoms in total. The first-order chi connectivity index (χ1) is 12.2. The minimum atomic E-state index is 0.502. The van der Waals surface area contributed by atoms with Crippen LogP contribution in [-0.4, -0.2) is 31.8 Å². The first kappa shape index (κ1) is 15.8. The Bertz CT molecular complexity index is 1050. The summed E-state index contributed by atoms with van der Waals surface area (Å²) in [5.41, 5.74) is 1.73. The lowest BCUT2D eigenvalue weighted by atomic mass is 10.2. The van der Waals surface area contributed by atoms with E-state index in [-0.39, 0.29) is 0 Å². The third-order valence-corrected chi connectivity index (χ3v) is 4.30. The number of ether oxygens (including phenoxy) is 1. The Morgan fingerprint density at radius 1 is 1.12 bits per heavy atom. The monoisotopic (exact) mass is 444 g/mol. The van der Waals surface area contributed by atoms with Gasteiger partial charge in [0.2, 0.25) is 5.88 Å². The largest absolute Gasteiger partial charge is 0.480 e. The highest BCUT2D eigenvalue weighted by Crippen LogP contribution is 2.25. The molecule has 0 saturated carbocycles. The molecule has 1 N–H and O–H groups in total. The van der Waals surface area contributed by atoms with Gasteiger partial charge in [-0.25, -0.2) is 19.6 Å². The lowest BCUT2D eigenvalue weighted by Gasteiger charge is -2.10. The smallest absolute Gasteiger partial charge is 0.237 e. The number of nitrogens with zero attached hydrogens (tertiary/aromatic N) is 5. The van der Waals surface area contributed by atoms with Crippen LogP contribution in [0.2, 0.25) is 0 Å². The molecule has 0 spiro atoms. The maximum Gasteiger partial charge on any atom is 0.237 e. The van der Waals surface area contributed by atoms with E-state index < -0.39 is 0 Å². The Kier molecular flexibility index (Phi) is 4.18. The van der Waals surface area contributed by atoms with Gasteiger partial charge in [-0.15, -0.1) is 0 Å². The number of nitrogens with one attached hydrogen (secondary N) is 1. The molecule has 0 aliphatic carbocycles. The highest BCUT2D eigenvalue weighted by atomic mass is 127. The second-order valence-corrected chi connectivity index (χ2v) is 6.45. The van der Waals surface area contributed by atoms with Crippen molar-refractivity contribution in [3.8, 4) is 11.7 Å². The van der Waals surface area contributed by atoms with E-state index in [4.69, 9.17) is 4.74 Å². The number of fused-ring (bicyclic) bond motifs is 1. The molecule has 0 atom stereocenters. The Hall–Kier alpha value is -2.75. The maximum atomic E-state index is 5.26. The topological polar surface area (TPSA) is 77.8 Å². The zero-order valence-corrected chi connectivity index (χ0v) is 15.4. The van der Waals surface area contributed by atoms with Gasteiger partial charge in [-0.3, -0.25) is 0 Å². The lowest BCUT2D eigenvalue weighted by molar-refractivity contribution is 0.400. The van der Waals surface area contributed by atoms with Crippen LogP contribution in [0.5, 0.6) is 5.88 Å². The fourth-order valence-electron chi connectivity index (χ4n) is 2.49. The molecule has 3 heterocycles. The zero-order chi connectivity index (χ0) is 17.2. The third-order valence-electron chi connectivity index (χ3n) is 3.63. The lowest BCUT2D eigenvalue weighted by Crippen LogP contribution is -2.03. The number of pyridine rings is 1. The van der Waals surface area contributed by atoms with Crippen molar-refractivity contribution >= 4 is 45.0 Å². The van der Waals surface area contributed by atoms with Crippen LogP contribution in [-0.2, 0) is 0 Å². The van der Waals surface area contributed by atoms with Crippen molar-refractivity contribution in [3.63, 3.8) is 0 Å². The molecule has 4 aromatic rings. The summed E-state index contributed by atoms with van der Waals surface area (Å²) < 4.78 is 8.19. The molecule has 0 bridgehead atoms. The highest BCUT2D eigenvalue weighted by Gasteiger charge is 2.09. The molecule has 25 heavy (non-hydrogen) atoms. The average molecular weight is 444 g/mol. The molecule has 0 amide bonds. The van der Waals surface area contributed by atoms with Crippen LogP contribution in [0.25, 0.3) is 16.7 Å². The Morgan fingerprint density at radius 3 is 2.92 bits per heavy atom. The number of hydrogen-bond donors (Lipinski definition) is 1. The summed E-state index contributed by atoms with van der Waals surface area (Å²) in [6.45, 7) is 0. The SMILES string of the molecule is COc1ncccc1Nc1cc(-n2ncc3ccc(I)cc32)ncn1. The minimum Gasteiger partial charge on any atom is -0.480 e. The summed E-state index contributed by atoms with van der Waals surface area (Å²) in [5.74, 6) is 1.81. The number of anilines is 2. The molecule has 1 aromatic carbocycles. The number of methoxy groups -OCH3 is 1. The fourth-order valence-corrected chi connectivity index (χ4v) is 2.97. The summed E-state index contributed by atoms with van der Waals surface area (Å²) in [6, 6.07) is 11.7. The molecule has 0 aliphatic rings. The summed E-state index contributed by atoms with van der Waals surface area (Å²) in [6.07, 6.45) is 5.00. The minimum absolute atomic E-state index is 0.502. The zero-order valence-electron chi connectivity index (χ0n) is 13.2. The Balaban J connectivity index is 1.73. The number of aromatic nitrogens is 5. The van der Waals surface area contributed by atoms with Crippen LogP contribution in [0.15, 0.2) is 55.1 Å². The molecular formula is C17H13IN6O. The predicted molar refractivity (Wildman–Crippen MR) is 103 cm³/mol. The quantitative estimate of drug-likeness (QED) is 0.485. The molecule has 3 aromatic heterocycles. The Morgan fingerprint density at radius 2 is 2.04 bits per heavy atom. The summed E-state index contributed by atoms with van der Waals surface area (Å²) in [4.78, 5) is 12.8. The van der Waals surface area contributed by atoms with Crippen LogP contribution in [0.4, 0.5) is 11.5 Å². The van der Waals surface area contributed by atoms with Crippen LogP contribution >= 0.6 is 22.6 Å². The number of rotatable bonds is 4. The third kappa shape index (κ3) is 3.12. The van der Waals surface area contributed by atoms with Crippen molar-refractivity contribution in [2.45, 2.75) is 0 Å². The van der Waals surface area contributed by atoms with Crippen LogP contribution in [0.1, 0.15) is 0 Å². The molecule has 4 rings (SSSR count). The van der Waals surface area contributed by atoms with Gasteiger partial charge in [0.1, 0.15) is 17.8 Å². The van der Waals surface area contributed by atoms with Crippen LogP contribution < -0.4 is 10.1 Å². The number of benzene rings is 1. The van der Waals surface area contributed by atoms with E-state index in [1.807, 2.05) is 30.5 Å². The number of hydrogen-bond acceptors (Lipinski definition) is 6.